The number of aromatic nitrogens is 3. The van der Waals surface area contributed by atoms with E-state index in [0.717, 1.165) is 29.8 Å². The fourth-order valence-corrected chi connectivity index (χ4v) is 2.36. The number of halogens is 3. The molecule has 0 spiro atoms. The van der Waals surface area contributed by atoms with Crippen molar-refractivity contribution in [2.24, 2.45) is 0 Å². The highest BCUT2D eigenvalue weighted by molar-refractivity contribution is 5.92. The molecule has 2 N–H and O–H groups in total. The first kappa shape index (κ1) is 15.5. The van der Waals surface area contributed by atoms with Gasteiger partial charge < -0.3 is 10.6 Å². The molecular weight excluding hydrogens is 311 g/mol. The van der Waals surface area contributed by atoms with Crippen LogP contribution in [0.2, 0.25) is 0 Å². The van der Waals surface area contributed by atoms with Gasteiger partial charge in [0.2, 0.25) is 0 Å². The van der Waals surface area contributed by atoms with Crippen LogP contribution in [-0.2, 0) is 6.18 Å². The molecule has 1 fully saturated rings. The first-order chi connectivity index (χ1) is 10.9. The van der Waals surface area contributed by atoms with Gasteiger partial charge in [0.25, 0.3) is 5.91 Å². The molecule has 0 aliphatic carbocycles. The molecule has 1 saturated heterocycles. The topological polar surface area (TPSA) is 71.8 Å². The van der Waals surface area contributed by atoms with E-state index in [4.69, 9.17) is 0 Å². The molecule has 9 heteroatoms. The van der Waals surface area contributed by atoms with Crippen molar-refractivity contribution in [3.63, 3.8) is 0 Å². The summed E-state index contributed by atoms with van der Waals surface area (Å²) in [6.07, 6.45) is -2.30. The van der Waals surface area contributed by atoms with Crippen LogP contribution in [0.5, 0.6) is 0 Å². The predicted molar refractivity (Wildman–Crippen MR) is 75.1 cm³/mol. The molecule has 1 aliphatic heterocycles. The largest absolute Gasteiger partial charge is 0.416 e. The van der Waals surface area contributed by atoms with Crippen LogP contribution in [-0.4, -0.2) is 40.0 Å². The average Bonchev–Trinajstić information content (AvgIpc) is 3.17. The Morgan fingerprint density at radius 1 is 1.39 bits per heavy atom. The van der Waals surface area contributed by atoms with Gasteiger partial charge in [-0.05, 0) is 31.2 Å². The second-order valence-corrected chi connectivity index (χ2v) is 5.26. The number of amides is 1. The van der Waals surface area contributed by atoms with Crippen molar-refractivity contribution in [1.82, 2.24) is 25.6 Å². The van der Waals surface area contributed by atoms with E-state index in [9.17, 15) is 18.0 Å². The Balaban J connectivity index is 1.77. The van der Waals surface area contributed by atoms with E-state index in [2.05, 4.69) is 20.9 Å². The lowest BCUT2D eigenvalue weighted by Crippen LogP contribution is -2.36. The Morgan fingerprint density at radius 3 is 2.91 bits per heavy atom. The number of benzene rings is 1. The molecule has 0 bridgehead atoms. The van der Waals surface area contributed by atoms with Crippen molar-refractivity contribution in [3.05, 3.63) is 41.7 Å². The molecule has 1 amide bonds. The summed E-state index contributed by atoms with van der Waals surface area (Å²) >= 11 is 0. The molecule has 1 aromatic carbocycles. The lowest BCUT2D eigenvalue weighted by molar-refractivity contribution is -0.137. The van der Waals surface area contributed by atoms with Crippen LogP contribution < -0.4 is 10.6 Å². The summed E-state index contributed by atoms with van der Waals surface area (Å²) in [6, 6.07) is 4.70. The molecule has 0 saturated carbocycles. The number of hydrogen-bond acceptors (Lipinski definition) is 4. The average molecular weight is 325 g/mol. The molecule has 23 heavy (non-hydrogen) atoms. The van der Waals surface area contributed by atoms with E-state index in [1.54, 1.807) is 0 Å². The van der Waals surface area contributed by atoms with Crippen LogP contribution in [0.3, 0.4) is 0 Å². The van der Waals surface area contributed by atoms with Gasteiger partial charge in [0, 0.05) is 12.6 Å². The molecule has 1 aliphatic rings. The van der Waals surface area contributed by atoms with E-state index in [-0.39, 0.29) is 17.4 Å². The Hall–Kier alpha value is -2.42. The maximum Gasteiger partial charge on any atom is 0.416 e. The number of alkyl halides is 3. The molecule has 122 valence electrons. The number of nitrogens with zero attached hydrogens (tertiary/aromatic N) is 3. The number of carbonyl (C=O) groups is 1. The van der Waals surface area contributed by atoms with Gasteiger partial charge in [0.05, 0.1) is 17.4 Å². The fraction of sp³-hybridized carbons (Fsp3) is 0.357. The highest BCUT2D eigenvalue weighted by Crippen LogP contribution is 2.30. The van der Waals surface area contributed by atoms with E-state index in [1.807, 2.05) is 0 Å². The summed E-state index contributed by atoms with van der Waals surface area (Å²) < 4.78 is 39.3. The quantitative estimate of drug-likeness (QED) is 0.894. The Bertz CT molecular complexity index is 706. The van der Waals surface area contributed by atoms with Gasteiger partial charge in [-0.1, -0.05) is 11.3 Å². The third-order valence-electron chi connectivity index (χ3n) is 3.56. The zero-order chi connectivity index (χ0) is 16.4. The van der Waals surface area contributed by atoms with Crippen LogP contribution in [0, 0.1) is 0 Å². The summed E-state index contributed by atoms with van der Waals surface area (Å²) in [6.45, 7) is 1.52. The maximum absolute atomic E-state index is 12.7. The SMILES string of the molecule is O=C(NC1CCNC1)c1cn(-c2cccc(C(F)(F)F)c2)nn1. The summed E-state index contributed by atoms with van der Waals surface area (Å²) in [5.74, 6) is -0.392. The van der Waals surface area contributed by atoms with Crippen molar-refractivity contribution in [2.75, 3.05) is 13.1 Å². The number of rotatable bonds is 3. The van der Waals surface area contributed by atoms with Gasteiger partial charge in [-0.15, -0.1) is 5.10 Å². The minimum Gasteiger partial charge on any atom is -0.347 e. The van der Waals surface area contributed by atoms with E-state index < -0.39 is 17.6 Å². The maximum atomic E-state index is 12.7. The van der Waals surface area contributed by atoms with Crippen molar-refractivity contribution in [3.8, 4) is 5.69 Å². The first-order valence-corrected chi connectivity index (χ1v) is 7.05. The lowest BCUT2D eigenvalue weighted by Gasteiger charge is -2.09. The number of nitrogens with one attached hydrogen (secondary N) is 2. The van der Waals surface area contributed by atoms with Crippen molar-refractivity contribution < 1.29 is 18.0 Å². The Kier molecular flexibility index (Phi) is 4.03. The molecule has 2 heterocycles. The number of hydrogen-bond donors (Lipinski definition) is 2. The number of carbonyl (C=O) groups excluding carboxylic acids is 1. The summed E-state index contributed by atoms with van der Waals surface area (Å²) in [5.41, 5.74) is -0.531. The first-order valence-electron chi connectivity index (χ1n) is 7.05. The van der Waals surface area contributed by atoms with Crippen molar-refractivity contribution in [1.29, 1.82) is 0 Å². The zero-order valence-electron chi connectivity index (χ0n) is 12.0. The van der Waals surface area contributed by atoms with Crippen LogP contribution in [0.1, 0.15) is 22.5 Å². The second-order valence-electron chi connectivity index (χ2n) is 5.26. The fourth-order valence-electron chi connectivity index (χ4n) is 2.36. The van der Waals surface area contributed by atoms with E-state index in [1.165, 1.54) is 18.3 Å². The highest BCUT2D eigenvalue weighted by atomic mass is 19.4. The summed E-state index contributed by atoms with van der Waals surface area (Å²) in [4.78, 5) is 12.0. The smallest absolute Gasteiger partial charge is 0.347 e. The third kappa shape index (κ3) is 3.50. The van der Waals surface area contributed by atoms with Gasteiger partial charge in [-0.25, -0.2) is 4.68 Å². The van der Waals surface area contributed by atoms with Crippen LogP contribution in [0.4, 0.5) is 13.2 Å². The van der Waals surface area contributed by atoms with Crippen molar-refractivity contribution in [2.45, 2.75) is 18.6 Å². The van der Waals surface area contributed by atoms with Gasteiger partial charge in [0.15, 0.2) is 5.69 Å². The van der Waals surface area contributed by atoms with Gasteiger partial charge in [-0.2, -0.15) is 13.2 Å². The molecule has 1 atom stereocenters. The molecule has 2 aromatic rings. The van der Waals surface area contributed by atoms with Crippen LogP contribution in [0.15, 0.2) is 30.5 Å². The summed E-state index contributed by atoms with van der Waals surface area (Å²) in [5, 5.41) is 13.4. The molecule has 6 nitrogen and oxygen atoms in total. The Labute approximate surface area is 129 Å². The third-order valence-corrected chi connectivity index (χ3v) is 3.56. The predicted octanol–water partition coefficient (Wildman–Crippen LogP) is 1.38. The van der Waals surface area contributed by atoms with Crippen LogP contribution in [0.25, 0.3) is 5.69 Å². The van der Waals surface area contributed by atoms with Crippen LogP contribution >= 0.6 is 0 Å². The lowest BCUT2D eigenvalue weighted by atomic mass is 10.2. The van der Waals surface area contributed by atoms with E-state index >= 15 is 0 Å². The summed E-state index contributed by atoms with van der Waals surface area (Å²) in [7, 11) is 0. The zero-order valence-corrected chi connectivity index (χ0v) is 12.0. The minimum atomic E-state index is -4.44. The molecule has 3 rings (SSSR count). The molecule has 1 aromatic heterocycles. The normalized spacial score (nSPS) is 18.1. The Morgan fingerprint density at radius 2 is 2.22 bits per heavy atom. The van der Waals surface area contributed by atoms with Crippen molar-refractivity contribution >= 4 is 5.91 Å². The van der Waals surface area contributed by atoms with E-state index in [0.29, 0.717) is 6.54 Å². The molecule has 0 radical (unpaired) electrons. The van der Waals surface area contributed by atoms with Gasteiger partial charge >= 0.3 is 6.18 Å². The second kappa shape index (κ2) is 5.99. The van der Waals surface area contributed by atoms with Gasteiger partial charge in [-0.3, -0.25) is 4.79 Å². The molecule has 1 unspecified atom stereocenters. The highest BCUT2D eigenvalue weighted by Gasteiger charge is 2.30. The van der Waals surface area contributed by atoms with Gasteiger partial charge in [0.1, 0.15) is 0 Å². The monoisotopic (exact) mass is 325 g/mol. The molecular formula is C14H14F3N5O. The standard InChI is InChI=1S/C14H14F3N5O/c15-14(16,17)9-2-1-3-11(6-9)22-8-12(20-21-22)13(23)19-10-4-5-18-7-10/h1-3,6,8,10,18H,4-5,7H2,(H,19,23). The minimum absolute atomic E-state index is 0.0289.